The van der Waals surface area contributed by atoms with Crippen LogP contribution in [0.15, 0.2) is 36.5 Å². The van der Waals surface area contributed by atoms with E-state index < -0.39 is 0 Å². The quantitative estimate of drug-likeness (QED) is 0.919. The largest absolute Gasteiger partial charge is 0.390 e. The molecule has 0 bridgehead atoms. The summed E-state index contributed by atoms with van der Waals surface area (Å²) < 4.78 is 5.50. The molecule has 20 heavy (non-hydrogen) atoms. The molecular weight excluding hydrogens is 270 g/mol. The Morgan fingerprint density at radius 2 is 2.30 bits per heavy atom. The lowest BCUT2D eigenvalue weighted by molar-refractivity contribution is 0.0110. The second-order valence-corrected chi connectivity index (χ2v) is 6.20. The Labute approximate surface area is 123 Å². The second kappa shape index (κ2) is 6.57. The highest BCUT2D eigenvalue weighted by Crippen LogP contribution is 2.21. The zero-order valence-electron chi connectivity index (χ0n) is 11.4. The topological polar surface area (TPSA) is 42.4 Å². The van der Waals surface area contributed by atoms with Gasteiger partial charge >= 0.3 is 0 Å². The van der Waals surface area contributed by atoms with E-state index in [2.05, 4.69) is 17.1 Å². The lowest BCUT2D eigenvalue weighted by Crippen LogP contribution is -2.27. The van der Waals surface area contributed by atoms with Crippen molar-refractivity contribution in [1.29, 1.82) is 0 Å². The van der Waals surface area contributed by atoms with Gasteiger partial charge in [0.15, 0.2) is 0 Å². The molecule has 0 radical (unpaired) electrons. The molecule has 3 rings (SSSR count). The maximum atomic E-state index is 10.0. The highest BCUT2D eigenvalue weighted by atomic mass is 32.2. The van der Waals surface area contributed by atoms with Crippen molar-refractivity contribution in [3.8, 4) is 0 Å². The van der Waals surface area contributed by atoms with E-state index in [1.807, 2.05) is 24.4 Å². The number of rotatable bonds is 5. The van der Waals surface area contributed by atoms with Gasteiger partial charge in [0.25, 0.3) is 0 Å². The van der Waals surface area contributed by atoms with Gasteiger partial charge in [-0.3, -0.25) is 4.98 Å². The lowest BCUT2D eigenvalue weighted by Gasteiger charge is -2.16. The van der Waals surface area contributed by atoms with Crippen LogP contribution in [0.25, 0.3) is 10.9 Å². The molecule has 106 valence electrons. The number of thioether (sulfide) groups is 1. The number of aliphatic hydroxyl groups is 1. The van der Waals surface area contributed by atoms with Crippen LogP contribution < -0.4 is 0 Å². The van der Waals surface area contributed by atoms with E-state index in [4.69, 9.17) is 4.74 Å². The summed E-state index contributed by atoms with van der Waals surface area (Å²) in [5.74, 6) is 1.60. The van der Waals surface area contributed by atoms with E-state index in [0.29, 0.717) is 0 Å². The molecule has 0 saturated carbocycles. The molecule has 2 aromatic rings. The molecule has 0 amide bonds. The summed E-state index contributed by atoms with van der Waals surface area (Å²) >= 11 is 1.74. The van der Waals surface area contributed by atoms with E-state index in [1.165, 1.54) is 10.9 Å². The Bertz CT molecular complexity index is 569. The third kappa shape index (κ3) is 3.32. The highest BCUT2D eigenvalue weighted by molar-refractivity contribution is 7.98. The molecule has 1 aliphatic rings. The van der Waals surface area contributed by atoms with Gasteiger partial charge in [-0.25, -0.2) is 0 Å². The second-order valence-electron chi connectivity index (χ2n) is 5.17. The van der Waals surface area contributed by atoms with Crippen molar-refractivity contribution in [3.05, 3.63) is 42.1 Å². The van der Waals surface area contributed by atoms with Crippen molar-refractivity contribution in [2.45, 2.75) is 30.8 Å². The van der Waals surface area contributed by atoms with Gasteiger partial charge in [0.2, 0.25) is 0 Å². The molecule has 1 aromatic carbocycles. The Morgan fingerprint density at radius 1 is 1.40 bits per heavy atom. The van der Waals surface area contributed by atoms with Gasteiger partial charge in [-0.1, -0.05) is 18.2 Å². The van der Waals surface area contributed by atoms with Gasteiger partial charge in [0.05, 0.1) is 17.7 Å². The number of para-hydroxylation sites is 1. The molecule has 0 aliphatic carbocycles. The minimum absolute atomic E-state index is 0.0391. The van der Waals surface area contributed by atoms with Crippen molar-refractivity contribution in [2.75, 3.05) is 12.4 Å². The molecule has 2 heterocycles. The average molecular weight is 289 g/mol. The van der Waals surface area contributed by atoms with Gasteiger partial charge in [-0.15, -0.1) is 0 Å². The van der Waals surface area contributed by atoms with Crippen LogP contribution in [0, 0.1) is 0 Å². The Balaban J connectivity index is 1.54. The number of pyridine rings is 1. The van der Waals surface area contributed by atoms with Crippen LogP contribution in [0.4, 0.5) is 0 Å². The summed E-state index contributed by atoms with van der Waals surface area (Å²) in [5, 5.41) is 11.2. The summed E-state index contributed by atoms with van der Waals surface area (Å²) in [6.45, 7) is 0.793. The minimum Gasteiger partial charge on any atom is -0.390 e. The van der Waals surface area contributed by atoms with Crippen LogP contribution in [-0.4, -0.2) is 34.7 Å². The van der Waals surface area contributed by atoms with Crippen molar-refractivity contribution in [2.24, 2.45) is 0 Å². The Kier molecular flexibility index (Phi) is 4.55. The molecular formula is C16H19NO2S. The standard InChI is InChI=1S/C16H19NO2S/c18-15(16-6-3-7-19-16)11-20-10-12-8-13-4-1-2-5-14(13)17-9-12/h1-2,4-5,8-9,15-16,18H,3,6-7,10-11H2/t15-,16-/m1/s1. The summed E-state index contributed by atoms with van der Waals surface area (Å²) in [4.78, 5) is 4.46. The zero-order valence-corrected chi connectivity index (χ0v) is 12.2. The average Bonchev–Trinajstić information content (AvgIpc) is 3.01. The fourth-order valence-corrected chi connectivity index (χ4v) is 3.47. The molecule has 4 heteroatoms. The molecule has 0 spiro atoms. The van der Waals surface area contributed by atoms with E-state index in [1.54, 1.807) is 11.8 Å². The first-order valence-corrected chi connectivity index (χ1v) is 8.19. The minimum atomic E-state index is -0.351. The van der Waals surface area contributed by atoms with Gasteiger partial charge in [0.1, 0.15) is 0 Å². The zero-order chi connectivity index (χ0) is 13.8. The van der Waals surface area contributed by atoms with Crippen LogP contribution in [0.1, 0.15) is 18.4 Å². The fraction of sp³-hybridized carbons (Fsp3) is 0.438. The molecule has 1 aromatic heterocycles. The van der Waals surface area contributed by atoms with Gasteiger partial charge in [0, 0.05) is 29.7 Å². The normalized spacial score (nSPS) is 20.4. The summed E-state index contributed by atoms with van der Waals surface area (Å²) in [7, 11) is 0. The van der Waals surface area contributed by atoms with Crippen molar-refractivity contribution in [3.63, 3.8) is 0 Å². The number of benzene rings is 1. The lowest BCUT2D eigenvalue weighted by atomic mass is 10.1. The first-order valence-electron chi connectivity index (χ1n) is 7.04. The van der Waals surface area contributed by atoms with Gasteiger partial charge < -0.3 is 9.84 Å². The third-order valence-electron chi connectivity index (χ3n) is 3.60. The molecule has 1 N–H and O–H groups in total. The van der Waals surface area contributed by atoms with E-state index in [-0.39, 0.29) is 12.2 Å². The number of aliphatic hydroxyl groups excluding tert-OH is 1. The molecule has 0 unspecified atom stereocenters. The van der Waals surface area contributed by atoms with Crippen LogP contribution in [0.3, 0.4) is 0 Å². The first-order chi connectivity index (χ1) is 9.83. The van der Waals surface area contributed by atoms with E-state index >= 15 is 0 Å². The molecule has 1 aliphatic heterocycles. The SMILES string of the molecule is O[C@H](CSCc1cnc2ccccc2c1)[C@H]1CCCO1. The van der Waals surface area contributed by atoms with Gasteiger partial charge in [-0.05, 0) is 30.5 Å². The molecule has 1 fully saturated rings. The number of aromatic nitrogens is 1. The van der Waals surface area contributed by atoms with Crippen LogP contribution >= 0.6 is 11.8 Å². The molecule has 2 atom stereocenters. The highest BCUT2D eigenvalue weighted by Gasteiger charge is 2.23. The fourth-order valence-electron chi connectivity index (χ4n) is 2.51. The van der Waals surface area contributed by atoms with E-state index in [9.17, 15) is 5.11 Å². The van der Waals surface area contributed by atoms with Crippen LogP contribution in [-0.2, 0) is 10.5 Å². The number of ether oxygens (including phenoxy) is 1. The van der Waals surface area contributed by atoms with Crippen molar-refractivity contribution >= 4 is 22.7 Å². The maximum Gasteiger partial charge on any atom is 0.0892 e. The van der Waals surface area contributed by atoms with E-state index in [0.717, 1.165) is 36.5 Å². The number of nitrogens with zero attached hydrogens (tertiary/aromatic N) is 1. The first kappa shape index (κ1) is 13.9. The molecule has 3 nitrogen and oxygen atoms in total. The third-order valence-corrected chi connectivity index (χ3v) is 4.71. The van der Waals surface area contributed by atoms with Gasteiger partial charge in [-0.2, -0.15) is 11.8 Å². The predicted octanol–water partition coefficient (Wildman–Crippen LogP) is 3.01. The number of fused-ring (bicyclic) bond motifs is 1. The Morgan fingerprint density at radius 3 is 3.15 bits per heavy atom. The van der Waals surface area contributed by atoms with Crippen LogP contribution in [0.2, 0.25) is 0 Å². The molecule has 1 saturated heterocycles. The maximum absolute atomic E-state index is 10.0. The van der Waals surface area contributed by atoms with Crippen molar-refractivity contribution < 1.29 is 9.84 Å². The number of hydrogen-bond donors (Lipinski definition) is 1. The van der Waals surface area contributed by atoms with Crippen molar-refractivity contribution in [1.82, 2.24) is 4.98 Å². The number of hydrogen-bond acceptors (Lipinski definition) is 4. The predicted molar refractivity (Wildman–Crippen MR) is 82.9 cm³/mol. The Hall–Kier alpha value is -1.10. The summed E-state index contributed by atoms with van der Waals surface area (Å²) in [5.41, 5.74) is 2.23. The smallest absolute Gasteiger partial charge is 0.0892 e. The monoisotopic (exact) mass is 289 g/mol. The summed E-state index contributed by atoms with van der Waals surface area (Å²) in [6.07, 6.45) is 3.67. The summed E-state index contributed by atoms with van der Waals surface area (Å²) in [6, 6.07) is 10.3. The van der Waals surface area contributed by atoms with Crippen LogP contribution in [0.5, 0.6) is 0 Å².